The number of ether oxygens (including phenoxy) is 2. The van der Waals surface area contributed by atoms with E-state index in [4.69, 9.17) is 9.47 Å². The maximum Gasteiger partial charge on any atom is 0.203 e. The number of hydrogen-bond acceptors (Lipinski definition) is 3. The molecule has 50 valence electrons. The van der Waals surface area contributed by atoms with Crippen LogP contribution in [0.4, 0.5) is 0 Å². The smallest absolute Gasteiger partial charge is 0.203 e. The molecule has 3 aliphatic heterocycles. The molecule has 0 aromatic carbocycles. The van der Waals surface area contributed by atoms with E-state index in [1.807, 2.05) is 17.2 Å². The molecule has 3 aliphatic rings. The molecule has 0 saturated heterocycles. The molecule has 3 heterocycles. The highest BCUT2D eigenvalue weighted by Crippen LogP contribution is 2.36. The molecule has 0 bridgehead atoms. The highest BCUT2D eigenvalue weighted by molar-refractivity contribution is 5.37. The van der Waals surface area contributed by atoms with Crippen LogP contribution >= 0.6 is 0 Å². The van der Waals surface area contributed by atoms with Gasteiger partial charge in [-0.2, -0.15) is 0 Å². The zero-order chi connectivity index (χ0) is 6.55. The predicted octanol–water partition coefficient (Wildman–Crippen LogP) is 0.887. The van der Waals surface area contributed by atoms with Gasteiger partial charge < -0.3 is 14.4 Å². The van der Waals surface area contributed by atoms with E-state index in [1.54, 1.807) is 6.26 Å². The van der Waals surface area contributed by atoms with Crippen molar-refractivity contribution in [2.45, 2.75) is 0 Å². The number of hydrogen-bond donors (Lipinski definition) is 0. The Labute approximate surface area is 57.8 Å². The van der Waals surface area contributed by atoms with Gasteiger partial charge in [-0.3, -0.25) is 0 Å². The summed E-state index contributed by atoms with van der Waals surface area (Å²) in [6, 6.07) is 0. The fourth-order valence-electron chi connectivity index (χ4n) is 1.16. The molecule has 0 fully saturated rings. The molecule has 0 N–H and O–H groups in total. The molecule has 0 atom stereocenters. The average molecular weight is 135 g/mol. The van der Waals surface area contributed by atoms with Gasteiger partial charge in [0, 0.05) is 12.3 Å². The van der Waals surface area contributed by atoms with Crippen LogP contribution in [-0.4, -0.2) is 11.4 Å². The molecule has 3 heteroatoms. The fraction of sp³-hybridized carbons (Fsp3) is 0.143. The lowest BCUT2D eigenvalue weighted by Crippen LogP contribution is -2.15. The summed E-state index contributed by atoms with van der Waals surface area (Å²) in [4.78, 5) is 2.01. The topological polar surface area (TPSA) is 25.0 Å². The van der Waals surface area contributed by atoms with Crippen LogP contribution in [0.5, 0.6) is 0 Å². The van der Waals surface area contributed by atoms with Gasteiger partial charge in [0.1, 0.15) is 6.26 Å². The summed E-state index contributed by atoms with van der Waals surface area (Å²) in [5.74, 6) is 2.92. The van der Waals surface area contributed by atoms with Gasteiger partial charge in [0.25, 0.3) is 0 Å². The number of nitrogens with zero attached hydrogens (tertiary/aromatic N) is 1. The predicted molar refractivity (Wildman–Crippen MR) is 33.1 cm³/mol. The highest BCUT2D eigenvalue weighted by Gasteiger charge is 2.33. The summed E-state index contributed by atoms with van der Waals surface area (Å²) < 4.78 is 10.3. The molecular formula is C7H5NO2. The summed E-state index contributed by atoms with van der Waals surface area (Å²) in [5.41, 5.74) is 0. The second-order valence-corrected chi connectivity index (χ2v) is 2.40. The Morgan fingerprint density at radius 3 is 3.50 bits per heavy atom. The Hall–Kier alpha value is -1.38. The van der Waals surface area contributed by atoms with Gasteiger partial charge >= 0.3 is 0 Å². The van der Waals surface area contributed by atoms with Crippen LogP contribution < -0.4 is 0 Å². The van der Waals surface area contributed by atoms with Gasteiger partial charge in [-0.25, -0.2) is 0 Å². The summed E-state index contributed by atoms with van der Waals surface area (Å²) in [6.45, 7) is 0.831. The van der Waals surface area contributed by atoms with Crippen LogP contribution in [0.3, 0.4) is 0 Å². The van der Waals surface area contributed by atoms with E-state index in [-0.39, 0.29) is 0 Å². The van der Waals surface area contributed by atoms with E-state index in [2.05, 4.69) is 0 Å². The van der Waals surface area contributed by atoms with E-state index in [0.29, 0.717) is 0 Å². The number of allylic oxidation sites excluding steroid dienone is 1. The Kier molecular flexibility index (Phi) is 0.537. The summed E-state index contributed by atoms with van der Waals surface area (Å²) in [5, 5.41) is 0. The van der Waals surface area contributed by atoms with Gasteiger partial charge in [0.15, 0.2) is 11.5 Å². The van der Waals surface area contributed by atoms with Gasteiger partial charge in [-0.1, -0.05) is 0 Å². The minimum absolute atomic E-state index is 0.831. The minimum atomic E-state index is 0.831. The van der Waals surface area contributed by atoms with Crippen molar-refractivity contribution in [2.75, 3.05) is 6.54 Å². The molecule has 0 amide bonds. The van der Waals surface area contributed by atoms with E-state index < -0.39 is 0 Å². The molecule has 3 nitrogen and oxygen atoms in total. The highest BCUT2D eigenvalue weighted by atomic mass is 16.6. The van der Waals surface area contributed by atoms with Crippen molar-refractivity contribution in [3.8, 4) is 0 Å². The van der Waals surface area contributed by atoms with Gasteiger partial charge in [0.05, 0.1) is 6.54 Å². The van der Waals surface area contributed by atoms with Crippen molar-refractivity contribution in [1.82, 2.24) is 4.90 Å². The van der Waals surface area contributed by atoms with Crippen molar-refractivity contribution < 1.29 is 9.47 Å². The average Bonchev–Trinajstić information content (AvgIpc) is 2.52. The second-order valence-electron chi connectivity index (χ2n) is 2.40. The summed E-state index contributed by atoms with van der Waals surface area (Å²) in [6.07, 6.45) is 5.48. The molecule has 0 aromatic heterocycles. The third-order valence-corrected chi connectivity index (χ3v) is 1.75. The molecule has 10 heavy (non-hydrogen) atoms. The van der Waals surface area contributed by atoms with Crippen molar-refractivity contribution in [3.63, 3.8) is 0 Å². The Bertz CT molecular complexity index is 288. The maximum absolute atomic E-state index is 5.15. The van der Waals surface area contributed by atoms with E-state index >= 15 is 0 Å². The Morgan fingerprint density at radius 2 is 2.50 bits per heavy atom. The molecule has 0 unspecified atom stereocenters. The van der Waals surface area contributed by atoms with Gasteiger partial charge in [-0.15, -0.1) is 0 Å². The monoisotopic (exact) mass is 135 g/mol. The standard InChI is InChI=1S/C7H5NO2/c1-2-9-7-3-5-6(10-5)4-8(1)7/h1-3H,4H2. The van der Waals surface area contributed by atoms with E-state index in [0.717, 1.165) is 23.9 Å². The molecule has 0 aliphatic carbocycles. The summed E-state index contributed by atoms with van der Waals surface area (Å²) >= 11 is 0. The van der Waals surface area contributed by atoms with Crippen LogP contribution in [0.15, 0.2) is 35.9 Å². The van der Waals surface area contributed by atoms with Crippen molar-refractivity contribution >= 4 is 0 Å². The first-order chi connectivity index (χ1) is 4.93. The zero-order valence-corrected chi connectivity index (χ0v) is 5.20. The van der Waals surface area contributed by atoms with E-state index in [9.17, 15) is 0 Å². The van der Waals surface area contributed by atoms with E-state index in [1.165, 1.54) is 0 Å². The first-order valence-electron chi connectivity index (χ1n) is 3.16. The molecule has 0 radical (unpaired) electrons. The SMILES string of the molecule is C1=CN2CC3=C(C=C2O1)O3. The Balaban J connectivity index is 2.05. The molecule has 3 rings (SSSR count). The fourth-order valence-corrected chi connectivity index (χ4v) is 1.16. The second kappa shape index (κ2) is 1.21. The van der Waals surface area contributed by atoms with Crippen molar-refractivity contribution in [1.29, 1.82) is 0 Å². The lowest BCUT2D eigenvalue weighted by molar-refractivity contribution is 0.278. The quantitative estimate of drug-likeness (QED) is 0.493. The van der Waals surface area contributed by atoms with Crippen LogP contribution in [0.25, 0.3) is 0 Å². The number of fused-ring (bicyclic) bond motifs is 1. The molecule has 0 aromatic rings. The third kappa shape index (κ3) is 0.409. The zero-order valence-electron chi connectivity index (χ0n) is 5.20. The first kappa shape index (κ1) is 4.44. The Morgan fingerprint density at radius 1 is 1.50 bits per heavy atom. The molecule has 0 saturated carbocycles. The van der Waals surface area contributed by atoms with Crippen LogP contribution in [0.2, 0.25) is 0 Å². The van der Waals surface area contributed by atoms with Crippen molar-refractivity contribution in [3.05, 3.63) is 35.9 Å². The lowest BCUT2D eigenvalue weighted by Gasteiger charge is -2.12. The minimum Gasteiger partial charge on any atom is -0.452 e. The van der Waals surface area contributed by atoms with Crippen LogP contribution in [0.1, 0.15) is 0 Å². The normalized spacial score (nSPS) is 24.8. The third-order valence-electron chi connectivity index (χ3n) is 1.75. The summed E-state index contributed by atoms with van der Waals surface area (Å²) in [7, 11) is 0. The largest absolute Gasteiger partial charge is 0.452 e. The first-order valence-corrected chi connectivity index (χ1v) is 3.16. The van der Waals surface area contributed by atoms with Crippen molar-refractivity contribution in [2.24, 2.45) is 0 Å². The maximum atomic E-state index is 5.15. The van der Waals surface area contributed by atoms with Crippen LogP contribution in [-0.2, 0) is 9.47 Å². The molecular weight excluding hydrogens is 130 g/mol. The van der Waals surface area contributed by atoms with Crippen LogP contribution in [0, 0.1) is 0 Å². The number of rotatable bonds is 0. The lowest BCUT2D eigenvalue weighted by atomic mass is 10.3. The molecule has 0 spiro atoms. The van der Waals surface area contributed by atoms with Gasteiger partial charge in [0.2, 0.25) is 5.88 Å². The van der Waals surface area contributed by atoms with Gasteiger partial charge in [-0.05, 0) is 0 Å².